The summed E-state index contributed by atoms with van der Waals surface area (Å²) in [5.74, 6) is 0.494. The molecule has 1 aliphatic rings. The van der Waals surface area contributed by atoms with Crippen LogP contribution in [0.5, 0.6) is 0 Å². The second kappa shape index (κ2) is 9.59. The Bertz CT molecular complexity index is 845. The van der Waals surface area contributed by atoms with Crippen molar-refractivity contribution in [2.75, 3.05) is 24.5 Å². The van der Waals surface area contributed by atoms with E-state index in [0.29, 0.717) is 31.1 Å². The fraction of sp³-hybridized carbons (Fsp3) is 0.417. The molecule has 1 aliphatic heterocycles. The number of aryl methyl sites for hydroxylation is 1. The number of anilines is 1. The van der Waals surface area contributed by atoms with Gasteiger partial charge in [-0.25, -0.2) is 4.79 Å². The molecule has 1 fully saturated rings. The van der Waals surface area contributed by atoms with Gasteiger partial charge in [0.25, 0.3) is 5.91 Å². The van der Waals surface area contributed by atoms with Crippen molar-refractivity contribution in [3.8, 4) is 0 Å². The summed E-state index contributed by atoms with van der Waals surface area (Å²) in [6.07, 6.45) is 1.89. The molecule has 0 atom stereocenters. The summed E-state index contributed by atoms with van der Waals surface area (Å²) in [5.41, 5.74) is 3.81. The molecular weight excluding hydrogens is 362 g/mol. The summed E-state index contributed by atoms with van der Waals surface area (Å²) >= 11 is 0. The molecule has 0 bridgehead atoms. The highest BCUT2D eigenvalue weighted by atomic mass is 16.2. The molecule has 0 spiro atoms. The summed E-state index contributed by atoms with van der Waals surface area (Å²) in [6.45, 7) is 9.10. The van der Waals surface area contributed by atoms with Crippen LogP contribution in [0.25, 0.3) is 0 Å². The Morgan fingerprint density at radius 1 is 1.10 bits per heavy atom. The largest absolute Gasteiger partial charge is 0.352 e. The van der Waals surface area contributed by atoms with Crippen LogP contribution in [-0.4, -0.2) is 36.5 Å². The third-order valence-electron chi connectivity index (χ3n) is 5.22. The SMILES string of the molecule is Cc1cccc(CN2CCCN(c3ccc(C(=O)NCCC(C)C)cc3)C2=O)c1. The van der Waals surface area contributed by atoms with Crippen molar-refractivity contribution >= 4 is 17.6 Å². The van der Waals surface area contributed by atoms with E-state index in [4.69, 9.17) is 0 Å². The third kappa shape index (κ3) is 5.59. The average Bonchev–Trinajstić information content (AvgIpc) is 2.69. The van der Waals surface area contributed by atoms with E-state index in [9.17, 15) is 9.59 Å². The van der Waals surface area contributed by atoms with E-state index < -0.39 is 0 Å². The topological polar surface area (TPSA) is 52.6 Å². The van der Waals surface area contributed by atoms with Gasteiger partial charge < -0.3 is 10.2 Å². The predicted molar refractivity (Wildman–Crippen MR) is 117 cm³/mol. The number of urea groups is 1. The van der Waals surface area contributed by atoms with Crippen LogP contribution >= 0.6 is 0 Å². The lowest BCUT2D eigenvalue weighted by Crippen LogP contribution is -2.49. The fourth-order valence-electron chi connectivity index (χ4n) is 3.57. The minimum atomic E-state index is -0.0664. The number of hydrogen-bond donors (Lipinski definition) is 1. The summed E-state index contributed by atoms with van der Waals surface area (Å²) in [5, 5.41) is 2.95. The molecule has 0 radical (unpaired) electrons. The normalized spacial score (nSPS) is 14.4. The molecule has 2 aromatic carbocycles. The van der Waals surface area contributed by atoms with Crippen molar-refractivity contribution in [3.05, 3.63) is 65.2 Å². The summed E-state index contributed by atoms with van der Waals surface area (Å²) in [6, 6.07) is 15.6. The van der Waals surface area contributed by atoms with E-state index in [1.54, 1.807) is 17.0 Å². The van der Waals surface area contributed by atoms with Gasteiger partial charge in [-0.3, -0.25) is 9.69 Å². The lowest BCUT2D eigenvalue weighted by atomic mass is 10.1. The maximum absolute atomic E-state index is 13.0. The van der Waals surface area contributed by atoms with Crippen LogP contribution < -0.4 is 10.2 Å². The van der Waals surface area contributed by atoms with Gasteiger partial charge in [0.1, 0.15) is 0 Å². The number of amides is 3. The highest BCUT2D eigenvalue weighted by Crippen LogP contribution is 2.22. The molecule has 5 nitrogen and oxygen atoms in total. The number of carbonyl (C=O) groups is 2. The number of nitrogens with zero attached hydrogens (tertiary/aromatic N) is 2. The van der Waals surface area contributed by atoms with Gasteiger partial charge >= 0.3 is 6.03 Å². The molecule has 1 heterocycles. The maximum atomic E-state index is 13.0. The van der Waals surface area contributed by atoms with Crippen molar-refractivity contribution in [1.82, 2.24) is 10.2 Å². The van der Waals surface area contributed by atoms with E-state index in [1.807, 2.05) is 23.1 Å². The van der Waals surface area contributed by atoms with E-state index in [-0.39, 0.29) is 11.9 Å². The molecule has 5 heteroatoms. The lowest BCUT2D eigenvalue weighted by molar-refractivity contribution is 0.0952. The molecule has 1 saturated heterocycles. The first-order chi connectivity index (χ1) is 13.9. The minimum Gasteiger partial charge on any atom is -0.352 e. The molecular formula is C24H31N3O2. The Morgan fingerprint density at radius 3 is 2.55 bits per heavy atom. The summed E-state index contributed by atoms with van der Waals surface area (Å²) < 4.78 is 0. The fourth-order valence-corrected chi connectivity index (χ4v) is 3.57. The Labute approximate surface area is 173 Å². The Balaban J connectivity index is 1.63. The Morgan fingerprint density at radius 2 is 1.86 bits per heavy atom. The van der Waals surface area contributed by atoms with Crippen LogP contribution in [-0.2, 0) is 6.54 Å². The van der Waals surface area contributed by atoms with E-state index >= 15 is 0 Å². The van der Waals surface area contributed by atoms with Crippen molar-refractivity contribution in [2.24, 2.45) is 5.92 Å². The average molecular weight is 394 g/mol. The number of benzene rings is 2. The quantitative estimate of drug-likeness (QED) is 0.747. The maximum Gasteiger partial charge on any atom is 0.324 e. The van der Waals surface area contributed by atoms with Gasteiger partial charge in [0.2, 0.25) is 0 Å². The van der Waals surface area contributed by atoms with Gasteiger partial charge in [-0.1, -0.05) is 43.7 Å². The second-order valence-electron chi connectivity index (χ2n) is 8.18. The highest BCUT2D eigenvalue weighted by molar-refractivity contribution is 5.96. The minimum absolute atomic E-state index is 0.0203. The zero-order valence-electron chi connectivity index (χ0n) is 17.6. The second-order valence-corrected chi connectivity index (χ2v) is 8.18. The van der Waals surface area contributed by atoms with Crippen LogP contribution in [0.15, 0.2) is 48.5 Å². The summed E-state index contributed by atoms with van der Waals surface area (Å²) in [7, 11) is 0. The van der Waals surface area contributed by atoms with Crippen LogP contribution in [0.1, 0.15) is 48.2 Å². The zero-order valence-corrected chi connectivity index (χ0v) is 17.6. The first-order valence-electron chi connectivity index (χ1n) is 10.4. The van der Waals surface area contributed by atoms with Crippen LogP contribution in [0, 0.1) is 12.8 Å². The van der Waals surface area contributed by atoms with Crippen LogP contribution in [0.4, 0.5) is 10.5 Å². The predicted octanol–water partition coefficient (Wildman–Crippen LogP) is 4.60. The van der Waals surface area contributed by atoms with Crippen molar-refractivity contribution < 1.29 is 9.59 Å². The summed E-state index contributed by atoms with van der Waals surface area (Å²) in [4.78, 5) is 29.0. The van der Waals surface area contributed by atoms with Gasteiger partial charge in [0, 0.05) is 37.4 Å². The number of nitrogens with one attached hydrogen (secondary N) is 1. The third-order valence-corrected chi connectivity index (χ3v) is 5.22. The van der Waals surface area contributed by atoms with Crippen LogP contribution in [0.3, 0.4) is 0 Å². The number of hydrogen-bond acceptors (Lipinski definition) is 2. The smallest absolute Gasteiger partial charge is 0.324 e. The molecule has 3 amide bonds. The molecule has 1 N–H and O–H groups in total. The number of carbonyl (C=O) groups excluding carboxylic acids is 2. The molecule has 3 rings (SSSR count). The van der Waals surface area contributed by atoms with Crippen molar-refractivity contribution in [1.29, 1.82) is 0 Å². The molecule has 0 saturated carbocycles. The lowest BCUT2D eigenvalue weighted by Gasteiger charge is -2.35. The van der Waals surface area contributed by atoms with Crippen LogP contribution in [0.2, 0.25) is 0 Å². The number of rotatable bonds is 7. The molecule has 154 valence electrons. The van der Waals surface area contributed by atoms with Gasteiger partial charge in [-0.2, -0.15) is 0 Å². The molecule has 29 heavy (non-hydrogen) atoms. The first-order valence-corrected chi connectivity index (χ1v) is 10.4. The van der Waals surface area contributed by atoms with Gasteiger partial charge in [0.15, 0.2) is 0 Å². The zero-order chi connectivity index (χ0) is 20.8. The van der Waals surface area contributed by atoms with Gasteiger partial charge in [-0.15, -0.1) is 0 Å². The van der Waals surface area contributed by atoms with E-state index in [0.717, 1.165) is 30.6 Å². The van der Waals surface area contributed by atoms with E-state index in [1.165, 1.54) is 5.56 Å². The first kappa shape index (κ1) is 20.9. The monoisotopic (exact) mass is 393 g/mol. The van der Waals surface area contributed by atoms with E-state index in [2.05, 4.69) is 44.3 Å². The molecule has 0 aromatic heterocycles. The Kier molecular flexibility index (Phi) is 6.91. The molecule has 0 aliphatic carbocycles. The molecule has 0 unspecified atom stereocenters. The highest BCUT2D eigenvalue weighted by Gasteiger charge is 2.26. The van der Waals surface area contributed by atoms with Gasteiger partial charge in [0.05, 0.1) is 0 Å². The van der Waals surface area contributed by atoms with Crippen molar-refractivity contribution in [2.45, 2.75) is 40.2 Å². The van der Waals surface area contributed by atoms with Crippen molar-refractivity contribution in [3.63, 3.8) is 0 Å². The standard InChI is InChI=1S/C24H31N3O2/c1-18(2)12-13-25-23(28)21-8-10-22(11-9-21)27-15-5-14-26(24(27)29)17-20-7-4-6-19(3)16-20/h4,6-11,16,18H,5,12-15,17H2,1-3H3,(H,25,28). The van der Waals surface area contributed by atoms with Gasteiger partial charge in [-0.05, 0) is 55.5 Å². The Hall–Kier alpha value is -2.82. The molecule has 2 aromatic rings.